The molecule has 110 valence electrons. The van der Waals surface area contributed by atoms with Gasteiger partial charge in [0.1, 0.15) is 11.4 Å². The summed E-state index contributed by atoms with van der Waals surface area (Å²) < 4.78 is 0. The summed E-state index contributed by atoms with van der Waals surface area (Å²) in [6.45, 7) is 2.52. The normalized spacial score (nSPS) is 22.3. The summed E-state index contributed by atoms with van der Waals surface area (Å²) in [4.78, 5) is 10.9. The highest BCUT2D eigenvalue weighted by Crippen LogP contribution is 2.34. The maximum Gasteiger partial charge on any atom is 0.315 e. The van der Waals surface area contributed by atoms with Crippen molar-refractivity contribution in [3.05, 3.63) is 28.3 Å². The maximum atomic E-state index is 11.3. The third kappa shape index (κ3) is 3.19. The second-order valence-electron chi connectivity index (χ2n) is 5.09. The average molecular weight is 279 g/mol. The number of nitro groups is 1. The maximum absolute atomic E-state index is 11.3. The summed E-state index contributed by atoms with van der Waals surface area (Å²) in [5.74, 6) is 0. The van der Waals surface area contributed by atoms with Crippen LogP contribution in [-0.4, -0.2) is 28.7 Å². The predicted molar refractivity (Wildman–Crippen MR) is 79.1 cm³/mol. The first kappa shape index (κ1) is 14.6. The van der Waals surface area contributed by atoms with E-state index >= 15 is 0 Å². The molecule has 0 heterocycles. The molecule has 20 heavy (non-hydrogen) atoms. The van der Waals surface area contributed by atoms with Gasteiger partial charge < -0.3 is 15.7 Å². The van der Waals surface area contributed by atoms with Gasteiger partial charge in [-0.3, -0.25) is 10.1 Å². The van der Waals surface area contributed by atoms with Gasteiger partial charge in [-0.05, 0) is 31.9 Å². The summed E-state index contributed by atoms with van der Waals surface area (Å²) in [5, 5.41) is 27.4. The minimum atomic E-state index is -0.439. The molecule has 1 aromatic rings. The molecule has 1 saturated carbocycles. The molecule has 0 aliphatic heterocycles. The highest BCUT2D eigenvalue weighted by atomic mass is 16.6. The zero-order chi connectivity index (χ0) is 14.5. The van der Waals surface area contributed by atoms with Gasteiger partial charge in [0.15, 0.2) is 0 Å². The molecule has 1 aromatic carbocycles. The highest BCUT2D eigenvalue weighted by Gasteiger charge is 2.26. The van der Waals surface area contributed by atoms with Gasteiger partial charge in [-0.2, -0.15) is 0 Å². The number of aliphatic hydroxyl groups is 1. The zero-order valence-electron chi connectivity index (χ0n) is 11.6. The number of aliphatic hydroxyl groups excluding tert-OH is 1. The number of nitrogens with one attached hydrogen (secondary N) is 2. The Morgan fingerprint density at radius 1 is 1.35 bits per heavy atom. The molecule has 1 aliphatic rings. The van der Waals surface area contributed by atoms with E-state index in [1.54, 1.807) is 18.2 Å². The van der Waals surface area contributed by atoms with Crippen LogP contribution in [0.2, 0.25) is 0 Å². The first-order valence-electron chi connectivity index (χ1n) is 7.09. The standard InChI is InChI=1S/C14H21N3O3/c1-2-15-11-7-5-8-12(14(11)17(19)20)16-10-6-3-4-9-13(10)18/h5,7-8,10,13,15-16,18H,2-4,6,9H2,1H3. The summed E-state index contributed by atoms with van der Waals surface area (Å²) in [7, 11) is 0. The lowest BCUT2D eigenvalue weighted by atomic mass is 9.92. The van der Waals surface area contributed by atoms with Gasteiger partial charge >= 0.3 is 5.69 Å². The Balaban J connectivity index is 2.26. The van der Waals surface area contributed by atoms with Crippen molar-refractivity contribution in [2.45, 2.75) is 44.8 Å². The van der Waals surface area contributed by atoms with Gasteiger partial charge in [-0.1, -0.05) is 18.9 Å². The fraction of sp³-hybridized carbons (Fsp3) is 0.571. The lowest BCUT2D eigenvalue weighted by Gasteiger charge is -2.29. The zero-order valence-corrected chi connectivity index (χ0v) is 11.6. The number of anilines is 2. The van der Waals surface area contributed by atoms with Gasteiger partial charge in [0, 0.05) is 6.54 Å². The van der Waals surface area contributed by atoms with Crippen molar-refractivity contribution in [1.29, 1.82) is 0 Å². The van der Waals surface area contributed by atoms with Crippen LogP contribution in [0.25, 0.3) is 0 Å². The quantitative estimate of drug-likeness (QED) is 0.570. The molecule has 2 unspecified atom stereocenters. The van der Waals surface area contributed by atoms with E-state index in [-0.39, 0.29) is 16.7 Å². The summed E-state index contributed by atoms with van der Waals surface area (Å²) in [6, 6.07) is 5.06. The third-order valence-electron chi connectivity index (χ3n) is 3.66. The molecular formula is C14H21N3O3. The van der Waals surface area contributed by atoms with E-state index in [0.29, 0.717) is 17.9 Å². The van der Waals surface area contributed by atoms with Crippen LogP contribution in [-0.2, 0) is 0 Å². The topological polar surface area (TPSA) is 87.4 Å². The van der Waals surface area contributed by atoms with Gasteiger partial charge in [0.25, 0.3) is 0 Å². The lowest BCUT2D eigenvalue weighted by molar-refractivity contribution is -0.383. The molecule has 3 N–H and O–H groups in total. The van der Waals surface area contributed by atoms with Crippen LogP contribution in [0.1, 0.15) is 32.6 Å². The van der Waals surface area contributed by atoms with E-state index in [2.05, 4.69) is 10.6 Å². The van der Waals surface area contributed by atoms with Crippen molar-refractivity contribution in [2.75, 3.05) is 17.2 Å². The summed E-state index contributed by atoms with van der Waals surface area (Å²) in [5.41, 5.74) is 1.03. The number of para-hydroxylation sites is 1. The molecule has 2 rings (SSSR count). The number of rotatable bonds is 5. The fourth-order valence-corrected chi connectivity index (χ4v) is 2.67. The fourth-order valence-electron chi connectivity index (χ4n) is 2.67. The molecule has 6 nitrogen and oxygen atoms in total. The van der Waals surface area contributed by atoms with E-state index in [1.165, 1.54) is 0 Å². The van der Waals surface area contributed by atoms with Crippen LogP contribution in [0.15, 0.2) is 18.2 Å². The first-order valence-corrected chi connectivity index (χ1v) is 7.09. The minimum absolute atomic E-state index is 0.0483. The molecular weight excluding hydrogens is 258 g/mol. The predicted octanol–water partition coefficient (Wildman–Crippen LogP) is 2.74. The molecule has 0 spiro atoms. The highest BCUT2D eigenvalue weighted by molar-refractivity contribution is 5.76. The average Bonchev–Trinajstić information content (AvgIpc) is 2.41. The van der Waals surface area contributed by atoms with Crippen molar-refractivity contribution >= 4 is 17.1 Å². The van der Waals surface area contributed by atoms with Crippen molar-refractivity contribution in [2.24, 2.45) is 0 Å². The molecule has 1 aliphatic carbocycles. The largest absolute Gasteiger partial charge is 0.391 e. The second-order valence-corrected chi connectivity index (χ2v) is 5.09. The lowest BCUT2D eigenvalue weighted by Crippen LogP contribution is -2.36. The van der Waals surface area contributed by atoms with Crippen molar-refractivity contribution < 1.29 is 10.0 Å². The Morgan fingerprint density at radius 2 is 2.05 bits per heavy atom. The van der Waals surface area contributed by atoms with Crippen LogP contribution in [0.5, 0.6) is 0 Å². The SMILES string of the molecule is CCNc1cccc(NC2CCCCC2O)c1[N+](=O)[O-]. The van der Waals surface area contributed by atoms with E-state index in [9.17, 15) is 15.2 Å². The third-order valence-corrected chi connectivity index (χ3v) is 3.66. The number of benzene rings is 1. The van der Waals surface area contributed by atoms with E-state index in [0.717, 1.165) is 25.7 Å². The molecule has 2 atom stereocenters. The van der Waals surface area contributed by atoms with E-state index in [4.69, 9.17) is 0 Å². The molecule has 0 bridgehead atoms. The van der Waals surface area contributed by atoms with Gasteiger partial charge in [0.2, 0.25) is 0 Å². The van der Waals surface area contributed by atoms with Gasteiger partial charge in [-0.15, -0.1) is 0 Å². The van der Waals surface area contributed by atoms with Crippen LogP contribution in [0, 0.1) is 10.1 Å². The van der Waals surface area contributed by atoms with Gasteiger partial charge in [-0.25, -0.2) is 0 Å². The Hall–Kier alpha value is -1.82. The minimum Gasteiger partial charge on any atom is -0.391 e. The second kappa shape index (κ2) is 6.56. The number of nitrogens with zero attached hydrogens (tertiary/aromatic N) is 1. The molecule has 6 heteroatoms. The Kier molecular flexibility index (Phi) is 4.79. The smallest absolute Gasteiger partial charge is 0.315 e. The molecule has 0 aromatic heterocycles. The Bertz CT molecular complexity index is 479. The first-order chi connectivity index (χ1) is 9.63. The molecule has 0 radical (unpaired) electrons. The number of hydrogen-bond acceptors (Lipinski definition) is 5. The summed E-state index contributed by atoms with van der Waals surface area (Å²) >= 11 is 0. The summed E-state index contributed by atoms with van der Waals surface area (Å²) in [6.07, 6.45) is 3.20. The van der Waals surface area contributed by atoms with Crippen LogP contribution in [0.4, 0.5) is 17.1 Å². The van der Waals surface area contributed by atoms with Crippen molar-refractivity contribution in [3.8, 4) is 0 Å². The van der Waals surface area contributed by atoms with Crippen LogP contribution < -0.4 is 10.6 Å². The number of nitro benzene ring substituents is 1. The molecule has 0 amide bonds. The van der Waals surface area contributed by atoms with Crippen LogP contribution >= 0.6 is 0 Å². The molecule has 0 saturated heterocycles. The Morgan fingerprint density at radius 3 is 2.70 bits per heavy atom. The number of hydrogen-bond donors (Lipinski definition) is 3. The van der Waals surface area contributed by atoms with E-state index in [1.807, 2.05) is 6.92 Å². The van der Waals surface area contributed by atoms with Crippen molar-refractivity contribution in [1.82, 2.24) is 0 Å². The monoisotopic (exact) mass is 279 g/mol. The van der Waals surface area contributed by atoms with E-state index < -0.39 is 6.10 Å². The van der Waals surface area contributed by atoms with Gasteiger partial charge in [0.05, 0.1) is 17.1 Å². The van der Waals surface area contributed by atoms with Crippen molar-refractivity contribution in [3.63, 3.8) is 0 Å². The van der Waals surface area contributed by atoms with Crippen LogP contribution in [0.3, 0.4) is 0 Å². The molecule has 1 fully saturated rings. The Labute approximate surface area is 118 Å².